The van der Waals surface area contributed by atoms with Crippen LogP contribution in [0.1, 0.15) is 40.3 Å². The highest BCUT2D eigenvalue weighted by Crippen LogP contribution is 2.50. The van der Waals surface area contributed by atoms with Crippen LogP contribution in [0.25, 0.3) is 0 Å². The highest BCUT2D eigenvalue weighted by molar-refractivity contribution is 7.63. The van der Waals surface area contributed by atoms with Crippen molar-refractivity contribution in [2.45, 2.75) is 46.4 Å². The summed E-state index contributed by atoms with van der Waals surface area (Å²) in [5.41, 5.74) is 0.253. The van der Waals surface area contributed by atoms with E-state index in [4.69, 9.17) is 13.8 Å². The lowest BCUT2D eigenvalue weighted by Gasteiger charge is -2.22. The number of aromatic nitrogens is 1. The minimum absolute atomic E-state index is 0.490. The maximum Gasteiger partial charge on any atom is 0.413 e. The average Bonchev–Trinajstić information content (AvgIpc) is 2.73. The molecule has 8 heteroatoms. The fourth-order valence-corrected chi connectivity index (χ4v) is 4.35. The van der Waals surface area contributed by atoms with Gasteiger partial charge in [-0.3, -0.25) is 5.32 Å². The first-order valence-corrected chi connectivity index (χ1v) is 10.0. The van der Waals surface area contributed by atoms with Gasteiger partial charge in [-0.1, -0.05) is 6.30 Å². The van der Waals surface area contributed by atoms with E-state index in [9.17, 15) is 4.79 Å². The van der Waals surface area contributed by atoms with Gasteiger partial charge in [0, 0.05) is 5.38 Å². The zero-order valence-electron chi connectivity index (χ0n) is 13.8. The SMILES string of the molecule is C=P(Cc1csc(NC(=O)OC(C)(C)C)n1)(OCC)OCC. The molecule has 0 aliphatic rings. The fourth-order valence-electron chi connectivity index (χ4n) is 1.67. The van der Waals surface area contributed by atoms with Crippen molar-refractivity contribution in [3.05, 3.63) is 11.1 Å². The van der Waals surface area contributed by atoms with Crippen molar-refractivity contribution in [3.8, 4) is 0 Å². The first kappa shape index (κ1) is 19.2. The lowest BCUT2D eigenvalue weighted by Crippen LogP contribution is -2.27. The van der Waals surface area contributed by atoms with Gasteiger partial charge >= 0.3 is 6.09 Å². The second-order valence-corrected chi connectivity index (χ2v) is 8.90. The van der Waals surface area contributed by atoms with Crippen LogP contribution in [0.2, 0.25) is 0 Å². The summed E-state index contributed by atoms with van der Waals surface area (Å²) in [7, 11) is -2.20. The van der Waals surface area contributed by atoms with E-state index < -0.39 is 19.0 Å². The Morgan fingerprint density at radius 2 is 1.95 bits per heavy atom. The van der Waals surface area contributed by atoms with Crippen molar-refractivity contribution < 1.29 is 18.6 Å². The third-order valence-corrected chi connectivity index (χ3v) is 5.36. The first-order chi connectivity index (χ1) is 10.2. The maximum atomic E-state index is 11.7. The van der Waals surface area contributed by atoms with Gasteiger partial charge in [-0.05, 0) is 34.6 Å². The molecule has 126 valence electrons. The summed E-state index contributed by atoms with van der Waals surface area (Å²) in [6.07, 6.45) is 4.08. The fraction of sp³-hybridized carbons (Fsp3) is 0.643. The number of amides is 1. The van der Waals surface area contributed by atoms with Gasteiger partial charge in [0.05, 0.1) is 25.1 Å². The number of nitrogens with zero attached hydrogens (tertiary/aromatic N) is 1. The Morgan fingerprint density at radius 1 is 1.36 bits per heavy atom. The van der Waals surface area contributed by atoms with E-state index in [1.54, 1.807) is 0 Å². The third kappa shape index (κ3) is 6.92. The predicted molar refractivity (Wildman–Crippen MR) is 93.0 cm³/mol. The van der Waals surface area contributed by atoms with E-state index in [0.717, 1.165) is 5.69 Å². The number of hydrogen-bond donors (Lipinski definition) is 1. The Labute approximate surface area is 136 Å². The van der Waals surface area contributed by atoms with E-state index in [-0.39, 0.29) is 0 Å². The Kier molecular flexibility index (Phi) is 7.06. The van der Waals surface area contributed by atoms with Crippen LogP contribution in [0.4, 0.5) is 9.93 Å². The van der Waals surface area contributed by atoms with Gasteiger partial charge in [-0.25, -0.2) is 9.78 Å². The van der Waals surface area contributed by atoms with Gasteiger partial charge in [0.1, 0.15) is 12.9 Å². The highest BCUT2D eigenvalue weighted by Gasteiger charge is 2.20. The molecule has 0 fully saturated rings. The predicted octanol–water partition coefficient (Wildman–Crippen LogP) is 4.34. The lowest BCUT2D eigenvalue weighted by atomic mass is 10.2. The summed E-state index contributed by atoms with van der Waals surface area (Å²) in [6.45, 7) is 10.3. The molecule has 1 rings (SSSR count). The van der Waals surface area contributed by atoms with Gasteiger partial charge in [0.2, 0.25) is 0 Å². The summed E-state index contributed by atoms with van der Waals surface area (Å²) in [4.78, 5) is 16.1. The topological polar surface area (TPSA) is 69.7 Å². The monoisotopic (exact) mass is 348 g/mol. The van der Waals surface area contributed by atoms with Crippen molar-refractivity contribution in [2.24, 2.45) is 0 Å². The van der Waals surface area contributed by atoms with Crippen molar-refractivity contribution in [1.29, 1.82) is 0 Å². The molecule has 1 heterocycles. The summed E-state index contributed by atoms with van der Waals surface area (Å²) >= 11 is 1.34. The van der Waals surface area contributed by atoms with E-state index in [0.29, 0.717) is 24.5 Å². The molecule has 0 aliphatic carbocycles. The lowest BCUT2D eigenvalue weighted by molar-refractivity contribution is 0.0636. The molecule has 0 spiro atoms. The Morgan fingerprint density at radius 3 is 2.45 bits per heavy atom. The second-order valence-electron chi connectivity index (χ2n) is 5.58. The number of carbonyl (C=O) groups is 1. The van der Waals surface area contributed by atoms with Crippen LogP contribution in [0, 0.1) is 0 Å². The van der Waals surface area contributed by atoms with Crippen LogP contribution >= 0.6 is 18.7 Å². The number of thiazole rings is 1. The third-order valence-electron chi connectivity index (χ3n) is 2.29. The minimum Gasteiger partial charge on any atom is -0.444 e. The van der Waals surface area contributed by atoms with Crippen LogP contribution in [-0.4, -0.2) is 36.2 Å². The van der Waals surface area contributed by atoms with Crippen LogP contribution < -0.4 is 5.32 Å². The van der Waals surface area contributed by atoms with E-state index >= 15 is 0 Å². The normalized spacial score (nSPS) is 12.2. The van der Waals surface area contributed by atoms with E-state index in [1.807, 2.05) is 40.0 Å². The molecular weight excluding hydrogens is 323 g/mol. The average molecular weight is 348 g/mol. The van der Waals surface area contributed by atoms with Crippen molar-refractivity contribution in [3.63, 3.8) is 0 Å². The standard InChI is InChI=1S/C14H25N2O4PS/c1-7-18-21(6,19-8-2)9-11-10-22-12(15-11)16-13(17)20-14(3,4)5/h10H,6-9H2,1-5H3,(H,15,16,17). The summed E-state index contributed by atoms with van der Waals surface area (Å²) < 4.78 is 16.5. The molecule has 0 unspecified atom stereocenters. The van der Waals surface area contributed by atoms with Crippen LogP contribution in [0.5, 0.6) is 0 Å². The van der Waals surface area contributed by atoms with Crippen molar-refractivity contribution in [2.75, 3.05) is 18.5 Å². The summed E-state index contributed by atoms with van der Waals surface area (Å²) in [5, 5.41) is 4.98. The quantitative estimate of drug-likeness (QED) is 0.742. The van der Waals surface area contributed by atoms with Gasteiger partial charge < -0.3 is 13.8 Å². The van der Waals surface area contributed by atoms with Gasteiger partial charge in [0.15, 0.2) is 5.13 Å². The van der Waals surface area contributed by atoms with Crippen molar-refractivity contribution >= 4 is 36.2 Å². The zero-order chi connectivity index (χ0) is 16.8. The molecule has 0 radical (unpaired) electrons. The molecule has 0 saturated carbocycles. The van der Waals surface area contributed by atoms with Gasteiger partial charge in [-0.15, -0.1) is 11.3 Å². The molecule has 0 bridgehead atoms. The number of carbonyl (C=O) groups excluding carboxylic acids is 1. The molecule has 0 aliphatic heterocycles. The highest BCUT2D eigenvalue weighted by atomic mass is 32.1. The summed E-state index contributed by atoms with van der Waals surface area (Å²) in [5.74, 6) is 0. The largest absolute Gasteiger partial charge is 0.444 e. The molecule has 1 aromatic rings. The zero-order valence-corrected chi connectivity index (χ0v) is 15.6. The molecule has 1 aromatic heterocycles. The molecule has 0 saturated heterocycles. The number of ether oxygens (including phenoxy) is 1. The Bertz CT molecular complexity index is 529. The molecule has 1 amide bonds. The van der Waals surface area contributed by atoms with E-state index in [1.165, 1.54) is 11.3 Å². The molecular formula is C14H25N2O4PS. The van der Waals surface area contributed by atoms with Gasteiger partial charge in [-0.2, -0.15) is 0 Å². The Balaban J connectivity index is 2.67. The van der Waals surface area contributed by atoms with Crippen LogP contribution in [0.3, 0.4) is 0 Å². The molecule has 6 nitrogen and oxygen atoms in total. The number of anilines is 1. The number of rotatable bonds is 7. The second kappa shape index (κ2) is 8.11. The number of nitrogens with one attached hydrogen (secondary N) is 1. The summed E-state index contributed by atoms with van der Waals surface area (Å²) in [6, 6.07) is 0. The van der Waals surface area contributed by atoms with Crippen molar-refractivity contribution in [1.82, 2.24) is 4.98 Å². The number of hydrogen-bond acceptors (Lipinski definition) is 6. The van der Waals surface area contributed by atoms with Gasteiger partial charge in [0.25, 0.3) is 0 Å². The molecule has 22 heavy (non-hydrogen) atoms. The minimum atomic E-state index is -2.20. The smallest absolute Gasteiger partial charge is 0.413 e. The molecule has 0 aromatic carbocycles. The van der Waals surface area contributed by atoms with Crippen LogP contribution in [-0.2, 0) is 19.9 Å². The Hall–Kier alpha value is -0.880. The maximum absolute atomic E-state index is 11.7. The molecule has 0 atom stereocenters. The van der Waals surface area contributed by atoms with E-state index in [2.05, 4.69) is 16.6 Å². The molecule has 1 N–H and O–H groups in total. The first-order valence-electron chi connectivity index (χ1n) is 7.13. The van der Waals surface area contributed by atoms with Crippen LogP contribution in [0.15, 0.2) is 5.38 Å².